The first-order chi connectivity index (χ1) is 7.76. The van der Waals surface area contributed by atoms with Crippen LogP contribution < -0.4 is 10.8 Å². The standard InChI is InChI=1S/C12H20BN2O2/c1-11(2,16)12(3,4)17-13-9-6-10(14-5)8-15-7-9/h6-8,14,16H,1-5H3. The lowest BCUT2D eigenvalue weighted by atomic mass is 9.83. The summed E-state index contributed by atoms with van der Waals surface area (Å²) in [5.41, 5.74) is 0.192. The fourth-order valence-corrected chi connectivity index (χ4v) is 1.02. The molecule has 4 nitrogen and oxygen atoms in total. The average molecular weight is 235 g/mol. The molecule has 0 saturated heterocycles. The van der Waals surface area contributed by atoms with Gasteiger partial charge in [-0.2, -0.15) is 0 Å². The summed E-state index contributed by atoms with van der Waals surface area (Å²) in [4.78, 5) is 4.08. The van der Waals surface area contributed by atoms with Gasteiger partial charge in [0.25, 0.3) is 0 Å². The molecule has 93 valence electrons. The summed E-state index contributed by atoms with van der Waals surface area (Å²) in [6, 6.07) is 1.92. The molecule has 17 heavy (non-hydrogen) atoms. The number of aromatic nitrogens is 1. The molecule has 0 aromatic carbocycles. The van der Waals surface area contributed by atoms with E-state index in [2.05, 4.69) is 10.3 Å². The van der Waals surface area contributed by atoms with E-state index in [0.29, 0.717) is 0 Å². The molecule has 0 aliphatic carbocycles. The van der Waals surface area contributed by atoms with Gasteiger partial charge in [0.1, 0.15) is 0 Å². The molecule has 0 fully saturated rings. The highest BCUT2D eigenvalue weighted by molar-refractivity contribution is 6.47. The van der Waals surface area contributed by atoms with Crippen LogP contribution in [0, 0.1) is 0 Å². The summed E-state index contributed by atoms with van der Waals surface area (Å²) in [5.74, 6) is 0. The van der Waals surface area contributed by atoms with Gasteiger partial charge in [-0.3, -0.25) is 4.98 Å². The van der Waals surface area contributed by atoms with E-state index in [1.165, 1.54) is 0 Å². The van der Waals surface area contributed by atoms with Crippen LogP contribution in [-0.4, -0.2) is 35.8 Å². The quantitative estimate of drug-likeness (QED) is 0.745. The van der Waals surface area contributed by atoms with E-state index in [-0.39, 0.29) is 0 Å². The van der Waals surface area contributed by atoms with Crippen molar-refractivity contribution < 1.29 is 9.76 Å². The Balaban J connectivity index is 2.67. The van der Waals surface area contributed by atoms with Crippen LogP contribution in [0.2, 0.25) is 0 Å². The number of rotatable bonds is 5. The zero-order valence-corrected chi connectivity index (χ0v) is 11.1. The third-order valence-corrected chi connectivity index (χ3v) is 3.01. The molecule has 1 rings (SSSR count). The van der Waals surface area contributed by atoms with Crippen molar-refractivity contribution in [1.29, 1.82) is 0 Å². The van der Waals surface area contributed by atoms with E-state index in [9.17, 15) is 5.11 Å². The van der Waals surface area contributed by atoms with E-state index in [1.807, 2.05) is 27.0 Å². The van der Waals surface area contributed by atoms with Crippen LogP contribution >= 0.6 is 0 Å². The third-order valence-electron chi connectivity index (χ3n) is 3.01. The second-order valence-corrected chi connectivity index (χ2v) is 5.06. The van der Waals surface area contributed by atoms with Crippen LogP contribution in [0.25, 0.3) is 0 Å². The lowest BCUT2D eigenvalue weighted by molar-refractivity contribution is -0.0893. The summed E-state index contributed by atoms with van der Waals surface area (Å²) in [6.45, 7) is 7.14. The fourth-order valence-electron chi connectivity index (χ4n) is 1.02. The molecule has 0 atom stereocenters. The SMILES string of the molecule is CNc1cncc([B]OC(C)(C)C(C)(C)O)c1. The molecule has 2 N–H and O–H groups in total. The van der Waals surface area contributed by atoms with Crippen molar-refractivity contribution in [3.05, 3.63) is 18.5 Å². The van der Waals surface area contributed by atoms with E-state index in [0.717, 1.165) is 11.2 Å². The second kappa shape index (κ2) is 5.06. The highest BCUT2D eigenvalue weighted by Crippen LogP contribution is 2.24. The maximum Gasteiger partial charge on any atom is 0.332 e. The van der Waals surface area contributed by atoms with Crippen molar-refractivity contribution >= 4 is 18.6 Å². The van der Waals surface area contributed by atoms with Gasteiger partial charge in [-0.05, 0) is 39.2 Å². The summed E-state index contributed by atoms with van der Waals surface area (Å²) in [7, 11) is 3.45. The Bertz CT molecular complexity index is 375. The highest BCUT2D eigenvalue weighted by atomic mass is 16.5. The predicted molar refractivity (Wildman–Crippen MR) is 70.6 cm³/mol. The molecule has 1 heterocycles. The molecule has 0 unspecified atom stereocenters. The number of anilines is 1. The summed E-state index contributed by atoms with van der Waals surface area (Å²) in [6.07, 6.45) is 3.44. The zero-order valence-electron chi connectivity index (χ0n) is 11.1. The van der Waals surface area contributed by atoms with Crippen LogP contribution in [0.15, 0.2) is 18.5 Å². The van der Waals surface area contributed by atoms with Gasteiger partial charge in [-0.15, -0.1) is 0 Å². The maximum absolute atomic E-state index is 9.95. The van der Waals surface area contributed by atoms with Crippen molar-refractivity contribution in [1.82, 2.24) is 4.98 Å². The Labute approximate surface area is 104 Å². The maximum atomic E-state index is 9.95. The molecule has 0 bridgehead atoms. The minimum Gasteiger partial charge on any atom is -0.427 e. The van der Waals surface area contributed by atoms with Gasteiger partial charge in [0.05, 0.1) is 16.9 Å². The Morgan fingerprint density at radius 3 is 2.47 bits per heavy atom. The number of hydrogen-bond acceptors (Lipinski definition) is 4. The first kappa shape index (κ1) is 14.0. The predicted octanol–water partition coefficient (Wildman–Crippen LogP) is 0.934. The monoisotopic (exact) mass is 235 g/mol. The Hall–Kier alpha value is -1.07. The van der Waals surface area contributed by atoms with Gasteiger partial charge in [0, 0.05) is 19.4 Å². The number of aliphatic hydroxyl groups is 1. The molecule has 1 aromatic heterocycles. The van der Waals surface area contributed by atoms with E-state index in [4.69, 9.17) is 4.65 Å². The highest BCUT2D eigenvalue weighted by Gasteiger charge is 2.35. The van der Waals surface area contributed by atoms with Gasteiger partial charge in [-0.25, -0.2) is 0 Å². The molecule has 0 amide bonds. The lowest BCUT2D eigenvalue weighted by Gasteiger charge is -2.37. The Morgan fingerprint density at radius 2 is 1.94 bits per heavy atom. The molecule has 0 aliphatic heterocycles. The molecule has 0 aliphatic rings. The topological polar surface area (TPSA) is 54.4 Å². The van der Waals surface area contributed by atoms with Crippen LogP contribution in [0.1, 0.15) is 27.7 Å². The largest absolute Gasteiger partial charge is 0.427 e. The third kappa shape index (κ3) is 3.72. The van der Waals surface area contributed by atoms with Crippen molar-refractivity contribution in [3.63, 3.8) is 0 Å². The summed E-state index contributed by atoms with van der Waals surface area (Å²) >= 11 is 0. The van der Waals surface area contributed by atoms with Gasteiger partial charge < -0.3 is 15.1 Å². The smallest absolute Gasteiger partial charge is 0.332 e. The molecule has 5 heteroatoms. The first-order valence-electron chi connectivity index (χ1n) is 5.62. The number of nitrogens with zero attached hydrogens (tertiary/aromatic N) is 1. The number of nitrogens with one attached hydrogen (secondary N) is 1. The van der Waals surface area contributed by atoms with Gasteiger partial charge in [-0.1, -0.05) is 0 Å². The Morgan fingerprint density at radius 1 is 1.29 bits per heavy atom. The fraction of sp³-hybridized carbons (Fsp3) is 0.583. The first-order valence-corrected chi connectivity index (χ1v) is 5.62. The molecule has 1 radical (unpaired) electrons. The molecular weight excluding hydrogens is 215 g/mol. The molecule has 0 spiro atoms. The van der Waals surface area contributed by atoms with E-state index >= 15 is 0 Å². The summed E-state index contributed by atoms with van der Waals surface area (Å²) in [5, 5.41) is 13.0. The summed E-state index contributed by atoms with van der Waals surface area (Å²) < 4.78 is 5.64. The molecule has 0 saturated carbocycles. The van der Waals surface area contributed by atoms with Crippen LogP contribution in [-0.2, 0) is 4.65 Å². The van der Waals surface area contributed by atoms with Crippen LogP contribution in [0.5, 0.6) is 0 Å². The van der Waals surface area contributed by atoms with E-state index < -0.39 is 11.2 Å². The van der Waals surface area contributed by atoms with Crippen molar-refractivity contribution in [2.45, 2.75) is 38.9 Å². The number of hydrogen-bond donors (Lipinski definition) is 2. The minimum absolute atomic E-state index is 0.664. The Kier molecular flexibility index (Phi) is 4.17. The lowest BCUT2D eigenvalue weighted by Crippen LogP contribution is -2.49. The van der Waals surface area contributed by atoms with Crippen molar-refractivity contribution in [3.8, 4) is 0 Å². The van der Waals surface area contributed by atoms with Crippen LogP contribution in [0.4, 0.5) is 5.69 Å². The zero-order chi connectivity index (χ0) is 13.1. The molecule has 1 aromatic rings. The minimum atomic E-state index is -0.919. The molecular formula is C12H20BN2O2. The second-order valence-electron chi connectivity index (χ2n) is 5.06. The van der Waals surface area contributed by atoms with E-state index in [1.54, 1.807) is 33.7 Å². The van der Waals surface area contributed by atoms with Gasteiger partial charge in [0.2, 0.25) is 0 Å². The van der Waals surface area contributed by atoms with Gasteiger partial charge >= 0.3 is 7.48 Å². The van der Waals surface area contributed by atoms with Crippen molar-refractivity contribution in [2.24, 2.45) is 0 Å². The normalized spacial score (nSPS) is 12.4. The van der Waals surface area contributed by atoms with Crippen LogP contribution in [0.3, 0.4) is 0 Å². The average Bonchev–Trinajstić information content (AvgIpc) is 2.25. The van der Waals surface area contributed by atoms with Crippen molar-refractivity contribution in [2.75, 3.05) is 12.4 Å². The number of pyridine rings is 1. The van der Waals surface area contributed by atoms with Gasteiger partial charge in [0.15, 0.2) is 0 Å².